The number of nitrogens with zero attached hydrogens (tertiary/aromatic N) is 2. The van der Waals surface area contributed by atoms with Crippen LogP contribution in [0.1, 0.15) is 36.4 Å². The average molecular weight is 361 g/mol. The van der Waals surface area contributed by atoms with Gasteiger partial charge in [-0.3, -0.25) is 4.90 Å². The van der Waals surface area contributed by atoms with E-state index in [1.54, 1.807) is 11.8 Å². The van der Waals surface area contributed by atoms with Gasteiger partial charge in [0.25, 0.3) is 0 Å². The zero-order valence-corrected chi connectivity index (χ0v) is 15.7. The number of likely N-dealkylation sites (tertiary alicyclic amines) is 1. The molecule has 1 atom stereocenters. The summed E-state index contributed by atoms with van der Waals surface area (Å²) in [4.78, 5) is 8.57. The van der Waals surface area contributed by atoms with Crippen LogP contribution in [0.4, 0.5) is 0 Å². The summed E-state index contributed by atoms with van der Waals surface area (Å²) in [6, 6.07) is 26.2. The Hall–Kier alpha value is -2.10. The normalized spacial score (nSPS) is 17.9. The van der Waals surface area contributed by atoms with Crippen molar-refractivity contribution in [1.82, 2.24) is 9.88 Å². The molecule has 1 aliphatic rings. The highest BCUT2D eigenvalue weighted by molar-refractivity contribution is 7.99. The van der Waals surface area contributed by atoms with Crippen molar-refractivity contribution in [3.63, 3.8) is 0 Å². The van der Waals surface area contributed by atoms with E-state index in [9.17, 15) is 0 Å². The van der Waals surface area contributed by atoms with E-state index in [1.807, 2.05) is 6.07 Å². The van der Waals surface area contributed by atoms with Gasteiger partial charge in [-0.2, -0.15) is 0 Å². The Labute approximate surface area is 160 Å². The molecule has 0 unspecified atom stereocenters. The molecule has 0 saturated carbocycles. The van der Waals surface area contributed by atoms with Crippen molar-refractivity contribution >= 4 is 11.8 Å². The maximum Gasteiger partial charge on any atom is 0.101 e. The number of pyridine rings is 1. The SMILES string of the molecule is c1ccc(CN2CCCC[C@@H]2c2ccc(Sc3ccccc3)nc2)cc1. The zero-order chi connectivity index (χ0) is 17.6. The fourth-order valence-corrected chi connectivity index (χ4v) is 4.41. The standard InChI is InChI=1S/C23H24N2S/c1-3-9-19(10-4-1)18-25-16-8-7-13-22(25)20-14-15-23(24-17-20)26-21-11-5-2-6-12-21/h1-6,9-12,14-15,17,22H,7-8,13,16,18H2/t22-/m1/s1. The molecule has 1 fully saturated rings. The van der Waals surface area contributed by atoms with Crippen molar-refractivity contribution in [2.45, 2.75) is 41.8 Å². The molecular weight excluding hydrogens is 336 g/mol. The maximum atomic E-state index is 4.73. The molecule has 1 aromatic heterocycles. The molecule has 1 saturated heterocycles. The van der Waals surface area contributed by atoms with Gasteiger partial charge in [0.1, 0.15) is 5.03 Å². The van der Waals surface area contributed by atoms with Crippen LogP contribution in [0.25, 0.3) is 0 Å². The van der Waals surface area contributed by atoms with E-state index in [2.05, 4.69) is 77.8 Å². The smallest absolute Gasteiger partial charge is 0.101 e. The van der Waals surface area contributed by atoms with E-state index in [1.165, 1.54) is 41.8 Å². The molecule has 3 heteroatoms. The van der Waals surface area contributed by atoms with Crippen LogP contribution < -0.4 is 0 Å². The van der Waals surface area contributed by atoms with Gasteiger partial charge in [0, 0.05) is 23.7 Å². The van der Waals surface area contributed by atoms with E-state index in [0.717, 1.165) is 11.6 Å². The lowest BCUT2D eigenvalue weighted by Gasteiger charge is -2.36. The molecule has 0 spiro atoms. The summed E-state index contributed by atoms with van der Waals surface area (Å²) in [5, 5.41) is 1.06. The number of benzene rings is 2. The van der Waals surface area contributed by atoms with Crippen LogP contribution in [-0.2, 0) is 6.54 Å². The minimum atomic E-state index is 0.479. The highest BCUT2D eigenvalue weighted by Crippen LogP contribution is 2.33. The van der Waals surface area contributed by atoms with E-state index in [0.29, 0.717) is 6.04 Å². The van der Waals surface area contributed by atoms with Gasteiger partial charge < -0.3 is 0 Å². The summed E-state index contributed by atoms with van der Waals surface area (Å²) in [6.45, 7) is 2.19. The van der Waals surface area contributed by atoms with Gasteiger partial charge in [-0.25, -0.2) is 4.98 Å². The Morgan fingerprint density at radius 2 is 1.65 bits per heavy atom. The predicted octanol–water partition coefficient (Wildman–Crippen LogP) is 5.96. The van der Waals surface area contributed by atoms with Crippen molar-refractivity contribution in [3.05, 3.63) is 90.1 Å². The van der Waals surface area contributed by atoms with Crippen LogP contribution >= 0.6 is 11.8 Å². The van der Waals surface area contributed by atoms with Crippen LogP contribution in [0.15, 0.2) is 88.9 Å². The van der Waals surface area contributed by atoms with Gasteiger partial charge in [0.05, 0.1) is 0 Å². The van der Waals surface area contributed by atoms with E-state index in [-0.39, 0.29) is 0 Å². The van der Waals surface area contributed by atoms with E-state index >= 15 is 0 Å². The molecule has 0 radical (unpaired) electrons. The highest BCUT2D eigenvalue weighted by Gasteiger charge is 2.24. The van der Waals surface area contributed by atoms with Crippen molar-refractivity contribution in [3.8, 4) is 0 Å². The van der Waals surface area contributed by atoms with Gasteiger partial charge in [0.2, 0.25) is 0 Å². The van der Waals surface area contributed by atoms with Crippen LogP contribution in [0.2, 0.25) is 0 Å². The number of hydrogen-bond acceptors (Lipinski definition) is 3. The fraction of sp³-hybridized carbons (Fsp3) is 0.261. The molecule has 0 bridgehead atoms. The van der Waals surface area contributed by atoms with Gasteiger partial charge >= 0.3 is 0 Å². The third kappa shape index (κ3) is 4.35. The van der Waals surface area contributed by atoms with Crippen molar-refractivity contribution in [1.29, 1.82) is 0 Å². The molecule has 3 aromatic rings. The number of aromatic nitrogens is 1. The topological polar surface area (TPSA) is 16.1 Å². The maximum absolute atomic E-state index is 4.73. The molecule has 0 amide bonds. The first-order valence-electron chi connectivity index (χ1n) is 9.35. The first kappa shape index (κ1) is 17.3. The second-order valence-corrected chi connectivity index (χ2v) is 7.91. The third-order valence-electron chi connectivity index (χ3n) is 4.95. The van der Waals surface area contributed by atoms with E-state index < -0.39 is 0 Å². The summed E-state index contributed by atoms with van der Waals surface area (Å²) in [7, 11) is 0. The van der Waals surface area contributed by atoms with Crippen LogP contribution in [-0.4, -0.2) is 16.4 Å². The number of hydrogen-bond donors (Lipinski definition) is 0. The van der Waals surface area contributed by atoms with Crippen LogP contribution in [0.5, 0.6) is 0 Å². The molecule has 2 aromatic carbocycles. The third-order valence-corrected chi connectivity index (χ3v) is 5.91. The largest absolute Gasteiger partial charge is 0.292 e. The Bertz CT molecular complexity index is 803. The lowest BCUT2D eigenvalue weighted by atomic mass is 9.96. The zero-order valence-electron chi connectivity index (χ0n) is 14.9. The summed E-state index contributed by atoms with van der Waals surface area (Å²) in [5.41, 5.74) is 2.74. The Morgan fingerprint density at radius 3 is 2.38 bits per heavy atom. The molecule has 0 aliphatic carbocycles. The summed E-state index contributed by atoms with van der Waals surface area (Å²) in [5.74, 6) is 0. The minimum Gasteiger partial charge on any atom is -0.292 e. The second-order valence-electron chi connectivity index (χ2n) is 6.81. The molecule has 0 N–H and O–H groups in total. The minimum absolute atomic E-state index is 0.479. The number of rotatable bonds is 5. The number of piperidine rings is 1. The molecule has 4 rings (SSSR count). The highest BCUT2D eigenvalue weighted by atomic mass is 32.2. The summed E-state index contributed by atoms with van der Waals surface area (Å²) >= 11 is 1.72. The first-order valence-corrected chi connectivity index (χ1v) is 10.2. The molecule has 1 aliphatic heterocycles. The van der Waals surface area contributed by atoms with Gasteiger partial charge in [-0.05, 0) is 48.7 Å². The first-order chi connectivity index (χ1) is 12.9. The average Bonchev–Trinajstić information content (AvgIpc) is 2.71. The lowest BCUT2D eigenvalue weighted by molar-refractivity contribution is 0.140. The van der Waals surface area contributed by atoms with Crippen molar-refractivity contribution in [2.24, 2.45) is 0 Å². The Kier molecular flexibility index (Phi) is 5.68. The predicted molar refractivity (Wildman–Crippen MR) is 108 cm³/mol. The Morgan fingerprint density at radius 1 is 0.885 bits per heavy atom. The quantitative estimate of drug-likeness (QED) is 0.558. The fourth-order valence-electron chi connectivity index (χ4n) is 3.63. The summed E-state index contributed by atoms with van der Waals surface area (Å²) < 4.78 is 0. The van der Waals surface area contributed by atoms with Crippen LogP contribution in [0, 0.1) is 0 Å². The van der Waals surface area contributed by atoms with Crippen LogP contribution in [0.3, 0.4) is 0 Å². The monoisotopic (exact) mass is 360 g/mol. The van der Waals surface area contributed by atoms with E-state index in [4.69, 9.17) is 4.98 Å². The van der Waals surface area contributed by atoms with Gasteiger partial charge in [-0.15, -0.1) is 0 Å². The molecule has 26 heavy (non-hydrogen) atoms. The summed E-state index contributed by atoms with van der Waals surface area (Å²) in [6.07, 6.45) is 5.90. The van der Waals surface area contributed by atoms with Gasteiger partial charge in [-0.1, -0.05) is 72.8 Å². The molecule has 132 valence electrons. The van der Waals surface area contributed by atoms with Gasteiger partial charge in [0.15, 0.2) is 0 Å². The second kappa shape index (κ2) is 8.52. The van der Waals surface area contributed by atoms with Crippen molar-refractivity contribution in [2.75, 3.05) is 6.54 Å². The van der Waals surface area contributed by atoms with Crippen molar-refractivity contribution < 1.29 is 0 Å². The molecular formula is C23H24N2S. The molecule has 2 nitrogen and oxygen atoms in total. The molecule has 2 heterocycles. The lowest BCUT2D eigenvalue weighted by Crippen LogP contribution is -2.33. The Balaban J connectivity index is 1.47.